The molecule has 0 radical (unpaired) electrons. The number of rotatable bonds is 5. The maximum atomic E-state index is 10.5. The summed E-state index contributed by atoms with van der Waals surface area (Å²) >= 11 is 0. The first-order valence-corrected chi connectivity index (χ1v) is 3.67. The average molecular weight is 190 g/mol. The van der Waals surface area contributed by atoms with Crippen LogP contribution in [0.2, 0.25) is 0 Å². The first-order valence-electron chi connectivity index (χ1n) is 3.67. The highest BCUT2D eigenvalue weighted by Crippen LogP contribution is 2.01. The first-order chi connectivity index (χ1) is 6.02. The Hall–Kier alpha value is -1.59. The molecule has 0 saturated heterocycles. The van der Waals surface area contributed by atoms with Gasteiger partial charge in [0, 0.05) is 12.8 Å². The van der Waals surface area contributed by atoms with Crippen LogP contribution in [0.4, 0.5) is 4.79 Å². The van der Waals surface area contributed by atoms with Gasteiger partial charge in [0.1, 0.15) is 0 Å². The van der Waals surface area contributed by atoms with Crippen molar-refractivity contribution in [3.63, 3.8) is 0 Å². The van der Waals surface area contributed by atoms with Crippen LogP contribution in [0.1, 0.15) is 25.7 Å². The third-order valence-corrected chi connectivity index (χ3v) is 1.22. The van der Waals surface area contributed by atoms with Crippen LogP contribution in [0.3, 0.4) is 0 Å². The molecule has 0 saturated carbocycles. The van der Waals surface area contributed by atoms with E-state index in [0.29, 0.717) is 12.8 Å². The van der Waals surface area contributed by atoms with Crippen molar-refractivity contribution in [2.24, 2.45) is 0 Å². The van der Waals surface area contributed by atoms with Gasteiger partial charge in [0.2, 0.25) is 0 Å². The molecule has 0 aromatic rings. The molecule has 2 N–H and O–H groups in total. The molecule has 0 aliphatic carbocycles. The zero-order valence-electron chi connectivity index (χ0n) is 6.86. The Balaban J connectivity index is 3.37. The fraction of sp³-hybridized carbons (Fsp3) is 0.571. The summed E-state index contributed by atoms with van der Waals surface area (Å²) in [5, 5.41) is 16.2. The van der Waals surface area contributed by atoms with Crippen molar-refractivity contribution in [3.05, 3.63) is 0 Å². The molecule has 6 nitrogen and oxygen atoms in total. The smallest absolute Gasteiger partial charge is 0.481 e. The molecule has 13 heavy (non-hydrogen) atoms. The van der Waals surface area contributed by atoms with Crippen LogP contribution in [-0.2, 0) is 14.3 Å². The van der Waals surface area contributed by atoms with E-state index in [4.69, 9.17) is 10.2 Å². The lowest BCUT2D eigenvalue weighted by atomic mass is 10.2. The Labute approximate surface area is 74.1 Å². The molecule has 74 valence electrons. The van der Waals surface area contributed by atoms with Crippen LogP contribution in [0.5, 0.6) is 0 Å². The highest BCUT2D eigenvalue weighted by Gasteiger charge is 2.07. The summed E-state index contributed by atoms with van der Waals surface area (Å²) in [6.45, 7) is 0. The third kappa shape index (κ3) is 8.32. The lowest BCUT2D eigenvalue weighted by molar-refractivity contribution is -0.140. The summed E-state index contributed by atoms with van der Waals surface area (Å²) in [6.07, 6.45) is -1.08. The van der Waals surface area contributed by atoms with Gasteiger partial charge in [-0.1, -0.05) is 0 Å². The van der Waals surface area contributed by atoms with E-state index >= 15 is 0 Å². The minimum absolute atomic E-state index is 0.0274. The van der Waals surface area contributed by atoms with Crippen LogP contribution in [0, 0.1) is 0 Å². The second-order valence-electron chi connectivity index (χ2n) is 2.34. The van der Waals surface area contributed by atoms with Crippen LogP contribution in [0.15, 0.2) is 0 Å². The molecule has 6 heteroatoms. The van der Waals surface area contributed by atoms with E-state index in [2.05, 4.69) is 4.74 Å². The number of esters is 1. The van der Waals surface area contributed by atoms with Crippen molar-refractivity contribution in [3.8, 4) is 0 Å². The van der Waals surface area contributed by atoms with E-state index in [1.54, 1.807) is 0 Å². The van der Waals surface area contributed by atoms with E-state index in [0.717, 1.165) is 0 Å². The predicted molar refractivity (Wildman–Crippen MR) is 40.2 cm³/mol. The zero-order valence-corrected chi connectivity index (χ0v) is 6.86. The molecule has 0 bridgehead atoms. The maximum absolute atomic E-state index is 10.5. The van der Waals surface area contributed by atoms with Gasteiger partial charge in [-0.05, 0) is 12.8 Å². The average Bonchev–Trinajstić information content (AvgIpc) is 1.96. The molecule has 0 aliphatic heterocycles. The maximum Gasteiger partial charge on any atom is 0.513 e. The molecule has 0 fully saturated rings. The molecule has 0 aliphatic rings. The van der Waals surface area contributed by atoms with Crippen molar-refractivity contribution in [1.29, 1.82) is 0 Å². The van der Waals surface area contributed by atoms with Gasteiger partial charge in [0.15, 0.2) is 0 Å². The Bertz CT molecular complexity index is 209. The van der Waals surface area contributed by atoms with E-state index in [9.17, 15) is 14.4 Å². The van der Waals surface area contributed by atoms with Crippen molar-refractivity contribution in [1.82, 2.24) is 0 Å². The summed E-state index contributed by atoms with van der Waals surface area (Å²) in [4.78, 5) is 30.4. The Morgan fingerprint density at radius 1 is 1.00 bits per heavy atom. The second-order valence-corrected chi connectivity index (χ2v) is 2.34. The quantitative estimate of drug-likeness (QED) is 0.378. The summed E-state index contributed by atoms with van der Waals surface area (Å²) in [7, 11) is 0. The molecule has 0 rings (SSSR count). The van der Waals surface area contributed by atoms with Gasteiger partial charge < -0.3 is 14.9 Å². The minimum atomic E-state index is -1.64. The fourth-order valence-electron chi connectivity index (χ4n) is 0.694. The molecule has 0 heterocycles. The van der Waals surface area contributed by atoms with Gasteiger partial charge in [0.25, 0.3) is 0 Å². The number of hydrogen-bond acceptors (Lipinski definition) is 4. The summed E-state index contributed by atoms with van der Waals surface area (Å²) in [5.74, 6) is -1.79. The first kappa shape index (κ1) is 11.4. The van der Waals surface area contributed by atoms with Gasteiger partial charge in [0.05, 0.1) is 0 Å². The molecule has 0 atom stereocenters. The molecular formula is C7H10O6. The lowest BCUT2D eigenvalue weighted by Gasteiger charge is -1.97. The Kier molecular flexibility index (Phi) is 5.25. The summed E-state index contributed by atoms with van der Waals surface area (Å²) in [5.41, 5.74) is 0. The molecule has 0 aromatic heterocycles. The van der Waals surface area contributed by atoms with E-state index in [-0.39, 0.29) is 12.8 Å². The monoisotopic (exact) mass is 190 g/mol. The number of aliphatic carboxylic acids is 1. The SMILES string of the molecule is O=C(O)CCCCC(=O)OC(=O)O. The largest absolute Gasteiger partial charge is 0.513 e. The topological polar surface area (TPSA) is 101 Å². The van der Waals surface area contributed by atoms with Gasteiger partial charge in [-0.3, -0.25) is 9.59 Å². The van der Waals surface area contributed by atoms with Crippen LogP contribution < -0.4 is 0 Å². The van der Waals surface area contributed by atoms with E-state index < -0.39 is 18.1 Å². The zero-order chi connectivity index (χ0) is 10.3. The number of carbonyl (C=O) groups excluding carboxylic acids is 1. The van der Waals surface area contributed by atoms with E-state index in [1.165, 1.54) is 0 Å². The number of ether oxygens (including phenoxy) is 1. The number of hydrogen-bond donors (Lipinski definition) is 2. The molecule has 0 spiro atoms. The highest BCUT2D eigenvalue weighted by molar-refractivity contribution is 5.80. The minimum Gasteiger partial charge on any atom is -0.481 e. The van der Waals surface area contributed by atoms with Crippen LogP contribution in [-0.4, -0.2) is 28.3 Å². The van der Waals surface area contributed by atoms with E-state index in [1.807, 2.05) is 0 Å². The van der Waals surface area contributed by atoms with Gasteiger partial charge >= 0.3 is 18.1 Å². The summed E-state index contributed by atoms with van der Waals surface area (Å²) < 4.78 is 3.79. The third-order valence-electron chi connectivity index (χ3n) is 1.22. The molecular weight excluding hydrogens is 180 g/mol. The summed E-state index contributed by atoms with van der Waals surface area (Å²) in [6, 6.07) is 0. The predicted octanol–water partition coefficient (Wildman–Crippen LogP) is 0.853. The molecule has 0 amide bonds. The number of carboxylic acids is 1. The second kappa shape index (κ2) is 5.99. The van der Waals surface area contributed by atoms with Crippen molar-refractivity contribution in [2.75, 3.05) is 0 Å². The van der Waals surface area contributed by atoms with Crippen molar-refractivity contribution < 1.29 is 29.3 Å². The molecule has 0 aromatic carbocycles. The number of unbranched alkanes of at least 4 members (excludes halogenated alkanes) is 1. The Morgan fingerprint density at radius 2 is 1.54 bits per heavy atom. The van der Waals surface area contributed by atoms with Gasteiger partial charge in [-0.25, -0.2) is 4.79 Å². The molecule has 0 unspecified atom stereocenters. The highest BCUT2D eigenvalue weighted by atomic mass is 16.7. The normalized spacial score (nSPS) is 9.23. The van der Waals surface area contributed by atoms with Gasteiger partial charge in [-0.15, -0.1) is 0 Å². The standard InChI is InChI=1S/C7H10O6/c8-5(9)3-1-2-4-6(10)13-7(11)12/h1-4H2,(H,8,9)(H,11,12). The number of carboxylic acid groups (broad SMARTS) is 2. The van der Waals surface area contributed by atoms with Crippen LogP contribution >= 0.6 is 0 Å². The van der Waals surface area contributed by atoms with Crippen molar-refractivity contribution in [2.45, 2.75) is 25.7 Å². The van der Waals surface area contributed by atoms with Gasteiger partial charge in [-0.2, -0.15) is 0 Å². The number of carbonyl (C=O) groups is 3. The van der Waals surface area contributed by atoms with Crippen molar-refractivity contribution >= 4 is 18.1 Å². The lowest BCUT2D eigenvalue weighted by Crippen LogP contribution is -2.09. The van der Waals surface area contributed by atoms with Crippen LogP contribution in [0.25, 0.3) is 0 Å². The fourth-order valence-corrected chi connectivity index (χ4v) is 0.694. The Morgan fingerprint density at radius 3 is 2.00 bits per heavy atom.